The molecule has 0 aromatic heterocycles. The van der Waals surface area contributed by atoms with E-state index in [1.165, 1.54) is 4.90 Å². The molecule has 0 saturated heterocycles. The number of urea groups is 1. The van der Waals surface area contributed by atoms with Gasteiger partial charge in [-0.15, -0.1) is 0 Å². The molecule has 1 heterocycles. The van der Waals surface area contributed by atoms with Crippen LogP contribution in [-0.4, -0.2) is 30.9 Å². The number of benzene rings is 2. The van der Waals surface area contributed by atoms with E-state index in [0.717, 1.165) is 0 Å². The molecule has 0 fully saturated rings. The molecule has 3 N–H and O–H groups in total. The largest absolute Gasteiger partial charge is 0.337 e. The summed E-state index contributed by atoms with van der Waals surface area (Å²) in [5.74, 6) is -0.497. The first-order valence-electron chi connectivity index (χ1n) is 8.02. The highest BCUT2D eigenvalue weighted by Crippen LogP contribution is 2.28. The molecule has 3 rings (SSSR count). The van der Waals surface area contributed by atoms with E-state index < -0.39 is 6.03 Å². The Morgan fingerprint density at radius 3 is 2.62 bits per heavy atom. The SMILES string of the molecule is O=C(CCNC(=O)N1CC(=O)Nc2ccccc21)Nc1ccc(Cl)cc1. The Balaban J connectivity index is 1.52. The molecule has 2 aromatic carbocycles. The zero-order valence-corrected chi connectivity index (χ0v) is 14.5. The van der Waals surface area contributed by atoms with Crippen molar-refractivity contribution in [3.8, 4) is 0 Å². The van der Waals surface area contributed by atoms with Crippen molar-refractivity contribution in [2.24, 2.45) is 0 Å². The van der Waals surface area contributed by atoms with Crippen molar-refractivity contribution < 1.29 is 14.4 Å². The molecule has 134 valence electrons. The summed E-state index contributed by atoms with van der Waals surface area (Å²) in [6.07, 6.45) is 0.107. The Hall–Kier alpha value is -3.06. The van der Waals surface area contributed by atoms with E-state index in [1.54, 1.807) is 48.5 Å². The van der Waals surface area contributed by atoms with Gasteiger partial charge in [-0.1, -0.05) is 23.7 Å². The number of hydrogen-bond acceptors (Lipinski definition) is 3. The standard InChI is InChI=1S/C18H17ClN4O3/c19-12-5-7-13(8-6-12)21-16(24)9-10-20-18(26)23-11-17(25)22-14-3-1-2-4-15(14)23/h1-8H,9-11H2,(H,20,26)(H,21,24)(H,22,25). The molecule has 4 amide bonds. The van der Waals surface area contributed by atoms with Crippen LogP contribution in [0.25, 0.3) is 0 Å². The molecule has 26 heavy (non-hydrogen) atoms. The molecule has 8 heteroatoms. The fourth-order valence-corrected chi connectivity index (χ4v) is 2.68. The number of amides is 4. The number of anilines is 3. The normalized spacial score (nSPS) is 12.8. The van der Waals surface area contributed by atoms with Gasteiger partial charge in [-0.2, -0.15) is 0 Å². The average Bonchev–Trinajstić information content (AvgIpc) is 2.62. The highest BCUT2D eigenvalue weighted by atomic mass is 35.5. The summed E-state index contributed by atoms with van der Waals surface area (Å²) in [6.45, 7) is 0.0817. The summed E-state index contributed by atoms with van der Waals surface area (Å²) in [4.78, 5) is 37.4. The number of para-hydroxylation sites is 2. The summed E-state index contributed by atoms with van der Waals surface area (Å²) in [5.41, 5.74) is 1.84. The van der Waals surface area contributed by atoms with Gasteiger partial charge in [0, 0.05) is 23.7 Å². The van der Waals surface area contributed by atoms with E-state index in [4.69, 9.17) is 11.6 Å². The second kappa shape index (κ2) is 7.88. The number of nitrogens with zero attached hydrogens (tertiary/aromatic N) is 1. The summed E-state index contributed by atoms with van der Waals surface area (Å²) in [6, 6.07) is 13.4. The highest BCUT2D eigenvalue weighted by Gasteiger charge is 2.26. The molecule has 0 unspecified atom stereocenters. The Labute approximate surface area is 155 Å². The van der Waals surface area contributed by atoms with Crippen LogP contribution in [0.1, 0.15) is 6.42 Å². The van der Waals surface area contributed by atoms with Gasteiger partial charge < -0.3 is 16.0 Å². The van der Waals surface area contributed by atoms with Crippen molar-refractivity contribution in [2.45, 2.75) is 6.42 Å². The van der Waals surface area contributed by atoms with E-state index in [2.05, 4.69) is 16.0 Å². The van der Waals surface area contributed by atoms with Gasteiger partial charge in [0.15, 0.2) is 0 Å². The van der Waals surface area contributed by atoms with Crippen LogP contribution < -0.4 is 20.9 Å². The lowest BCUT2D eigenvalue weighted by Crippen LogP contribution is -2.47. The molecule has 1 aliphatic rings. The fourth-order valence-electron chi connectivity index (χ4n) is 2.55. The lowest BCUT2D eigenvalue weighted by Gasteiger charge is -2.29. The first kappa shape index (κ1) is 17.8. The van der Waals surface area contributed by atoms with E-state index in [1.807, 2.05) is 0 Å². The van der Waals surface area contributed by atoms with E-state index in [-0.39, 0.29) is 31.3 Å². The third kappa shape index (κ3) is 4.31. The average molecular weight is 373 g/mol. The zero-order valence-electron chi connectivity index (χ0n) is 13.8. The fraction of sp³-hybridized carbons (Fsp3) is 0.167. The predicted molar refractivity (Wildman–Crippen MR) is 101 cm³/mol. The lowest BCUT2D eigenvalue weighted by atomic mass is 10.2. The first-order chi connectivity index (χ1) is 12.5. The van der Waals surface area contributed by atoms with Crippen LogP contribution in [0.3, 0.4) is 0 Å². The monoisotopic (exact) mass is 372 g/mol. The molecule has 1 aliphatic heterocycles. The third-order valence-corrected chi connectivity index (χ3v) is 4.02. The molecular weight excluding hydrogens is 356 g/mol. The summed E-state index contributed by atoms with van der Waals surface area (Å²) in [5, 5.41) is 8.68. The van der Waals surface area contributed by atoms with Crippen molar-refractivity contribution in [1.82, 2.24) is 5.32 Å². The lowest BCUT2D eigenvalue weighted by molar-refractivity contribution is -0.116. The molecule has 0 radical (unpaired) electrons. The van der Waals surface area contributed by atoms with Gasteiger partial charge in [0.1, 0.15) is 6.54 Å². The molecule has 7 nitrogen and oxygen atoms in total. The zero-order chi connectivity index (χ0) is 18.5. The molecule has 0 aliphatic carbocycles. The van der Waals surface area contributed by atoms with Crippen LogP contribution in [0.15, 0.2) is 48.5 Å². The van der Waals surface area contributed by atoms with E-state index in [0.29, 0.717) is 22.1 Å². The predicted octanol–water partition coefficient (Wildman–Crippen LogP) is 2.84. The molecular formula is C18H17ClN4O3. The van der Waals surface area contributed by atoms with Crippen LogP contribution in [0.2, 0.25) is 5.02 Å². The van der Waals surface area contributed by atoms with Gasteiger partial charge in [0.05, 0.1) is 11.4 Å². The van der Waals surface area contributed by atoms with Gasteiger partial charge in [-0.05, 0) is 36.4 Å². The summed E-state index contributed by atoms with van der Waals surface area (Å²) >= 11 is 5.79. The van der Waals surface area contributed by atoms with Gasteiger partial charge >= 0.3 is 6.03 Å². The Morgan fingerprint density at radius 1 is 1.12 bits per heavy atom. The summed E-state index contributed by atoms with van der Waals surface area (Å²) < 4.78 is 0. The van der Waals surface area contributed by atoms with Gasteiger partial charge in [-0.25, -0.2) is 4.79 Å². The maximum Gasteiger partial charge on any atom is 0.322 e. The number of carbonyl (C=O) groups is 3. The van der Waals surface area contributed by atoms with Crippen molar-refractivity contribution in [3.63, 3.8) is 0 Å². The minimum atomic E-state index is -0.424. The van der Waals surface area contributed by atoms with E-state index in [9.17, 15) is 14.4 Å². The van der Waals surface area contributed by atoms with Crippen molar-refractivity contribution in [1.29, 1.82) is 0 Å². The van der Waals surface area contributed by atoms with Crippen LogP contribution in [0, 0.1) is 0 Å². The maximum atomic E-state index is 12.4. The smallest absolute Gasteiger partial charge is 0.322 e. The molecule has 0 atom stereocenters. The van der Waals surface area contributed by atoms with Gasteiger partial charge in [0.2, 0.25) is 11.8 Å². The van der Waals surface area contributed by atoms with Gasteiger partial charge in [0.25, 0.3) is 0 Å². The van der Waals surface area contributed by atoms with Crippen LogP contribution >= 0.6 is 11.6 Å². The minimum absolute atomic E-state index is 0.0696. The molecule has 2 aromatic rings. The molecule has 0 saturated carbocycles. The third-order valence-electron chi connectivity index (χ3n) is 3.77. The number of fused-ring (bicyclic) bond motifs is 1. The van der Waals surface area contributed by atoms with Crippen LogP contribution in [-0.2, 0) is 9.59 Å². The highest BCUT2D eigenvalue weighted by molar-refractivity contribution is 6.30. The van der Waals surface area contributed by atoms with Gasteiger partial charge in [-0.3, -0.25) is 14.5 Å². The number of halogens is 1. The Bertz CT molecular complexity index is 839. The van der Waals surface area contributed by atoms with E-state index >= 15 is 0 Å². The Kier molecular flexibility index (Phi) is 5.38. The van der Waals surface area contributed by atoms with Crippen molar-refractivity contribution >= 4 is 46.5 Å². The van der Waals surface area contributed by atoms with Crippen LogP contribution in [0.4, 0.5) is 21.9 Å². The number of rotatable bonds is 4. The van der Waals surface area contributed by atoms with Crippen LogP contribution in [0.5, 0.6) is 0 Å². The second-order valence-electron chi connectivity index (χ2n) is 5.69. The minimum Gasteiger partial charge on any atom is -0.337 e. The molecule has 0 spiro atoms. The number of carbonyl (C=O) groups excluding carboxylic acids is 3. The second-order valence-corrected chi connectivity index (χ2v) is 6.12. The quantitative estimate of drug-likeness (QED) is 0.770. The molecule has 0 bridgehead atoms. The Morgan fingerprint density at radius 2 is 1.85 bits per heavy atom. The van der Waals surface area contributed by atoms with Crippen molar-refractivity contribution in [3.05, 3.63) is 53.6 Å². The summed E-state index contributed by atoms with van der Waals surface area (Å²) in [7, 11) is 0. The maximum absolute atomic E-state index is 12.4. The number of hydrogen-bond donors (Lipinski definition) is 3. The van der Waals surface area contributed by atoms with Crippen molar-refractivity contribution in [2.75, 3.05) is 28.6 Å². The topological polar surface area (TPSA) is 90.5 Å². The first-order valence-corrected chi connectivity index (χ1v) is 8.40. The number of nitrogens with one attached hydrogen (secondary N) is 3.